The van der Waals surface area contributed by atoms with Crippen LogP contribution in [0.4, 0.5) is 0 Å². The van der Waals surface area contributed by atoms with Crippen molar-refractivity contribution in [2.24, 2.45) is 7.05 Å². The molecule has 2 heterocycles. The molecule has 2 rings (SSSR count). The third-order valence-corrected chi connectivity index (χ3v) is 3.35. The van der Waals surface area contributed by atoms with Crippen molar-refractivity contribution in [3.05, 3.63) is 41.9 Å². The van der Waals surface area contributed by atoms with Crippen molar-refractivity contribution < 1.29 is 4.42 Å². The Morgan fingerprint density at radius 2 is 2.11 bits per heavy atom. The predicted octanol–water partition coefficient (Wildman–Crippen LogP) is 2.64. The van der Waals surface area contributed by atoms with Crippen molar-refractivity contribution in [3.8, 4) is 0 Å². The topological polar surface area (TPSA) is 34.2 Å². The molecule has 0 aliphatic carbocycles. The molecule has 0 saturated carbocycles. The van der Waals surface area contributed by atoms with Crippen LogP contribution in [0.5, 0.6) is 0 Å². The maximum absolute atomic E-state index is 5.72. The number of furan rings is 1. The second-order valence-corrected chi connectivity index (χ2v) is 5.02. The van der Waals surface area contributed by atoms with E-state index in [4.69, 9.17) is 4.42 Å². The molecule has 0 unspecified atom stereocenters. The van der Waals surface area contributed by atoms with Gasteiger partial charge in [-0.15, -0.1) is 0 Å². The summed E-state index contributed by atoms with van der Waals surface area (Å²) in [6.07, 6.45) is 6.94. The van der Waals surface area contributed by atoms with E-state index in [2.05, 4.69) is 40.6 Å². The molecule has 0 bridgehead atoms. The lowest BCUT2D eigenvalue weighted by molar-refractivity contribution is 0.287. The summed E-state index contributed by atoms with van der Waals surface area (Å²) in [6.45, 7) is 4.04. The quantitative estimate of drug-likeness (QED) is 0.768. The third-order valence-electron chi connectivity index (χ3n) is 3.35. The van der Waals surface area contributed by atoms with Crippen molar-refractivity contribution in [1.29, 1.82) is 0 Å². The van der Waals surface area contributed by atoms with Gasteiger partial charge < -0.3 is 8.98 Å². The van der Waals surface area contributed by atoms with Crippen molar-refractivity contribution in [2.75, 3.05) is 13.6 Å². The van der Waals surface area contributed by atoms with Crippen LogP contribution >= 0.6 is 0 Å². The first kappa shape index (κ1) is 13.9. The standard InChI is InChI=1S/C15H23N3O/c1-4-13-7-8-14(19-13)12-17(2)10-5-6-15-16-9-11-18(15)3/h7-9,11H,4-6,10,12H2,1-3H3. The molecule has 0 saturated heterocycles. The van der Waals surface area contributed by atoms with Gasteiger partial charge in [0.15, 0.2) is 0 Å². The van der Waals surface area contributed by atoms with Crippen LogP contribution in [0.15, 0.2) is 28.9 Å². The summed E-state index contributed by atoms with van der Waals surface area (Å²) in [7, 11) is 4.17. The monoisotopic (exact) mass is 261 g/mol. The van der Waals surface area contributed by atoms with Crippen LogP contribution < -0.4 is 0 Å². The molecule has 0 fully saturated rings. The Kier molecular flexibility index (Phi) is 4.80. The maximum atomic E-state index is 5.72. The van der Waals surface area contributed by atoms with E-state index in [1.54, 1.807) is 0 Å². The average molecular weight is 261 g/mol. The molecule has 0 aliphatic rings. The van der Waals surface area contributed by atoms with E-state index < -0.39 is 0 Å². The molecule has 0 spiro atoms. The fraction of sp³-hybridized carbons (Fsp3) is 0.533. The van der Waals surface area contributed by atoms with E-state index >= 15 is 0 Å². The molecule has 2 aromatic heterocycles. The molecule has 0 radical (unpaired) electrons. The van der Waals surface area contributed by atoms with Gasteiger partial charge in [0.05, 0.1) is 6.54 Å². The zero-order valence-electron chi connectivity index (χ0n) is 12.1. The van der Waals surface area contributed by atoms with Crippen LogP contribution in [0.2, 0.25) is 0 Å². The van der Waals surface area contributed by atoms with Gasteiger partial charge in [0.1, 0.15) is 17.3 Å². The first-order chi connectivity index (χ1) is 9.19. The molecule has 4 nitrogen and oxygen atoms in total. The average Bonchev–Trinajstić information content (AvgIpc) is 2.99. The number of aromatic nitrogens is 2. The molecule has 0 atom stereocenters. The van der Waals surface area contributed by atoms with E-state index in [-0.39, 0.29) is 0 Å². The predicted molar refractivity (Wildman–Crippen MR) is 75.9 cm³/mol. The first-order valence-electron chi connectivity index (χ1n) is 6.91. The van der Waals surface area contributed by atoms with Crippen LogP contribution in [-0.4, -0.2) is 28.0 Å². The van der Waals surface area contributed by atoms with Crippen molar-refractivity contribution in [2.45, 2.75) is 32.7 Å². The summed E-state index contributed by atoms with van der Waals surface area (Å²) >= 11 is 0. The van der Waals surface area contributed by atoms with Gasteiger partial charge in [0.2, 0.25) is 0 Å². The SMILES string of the molecule is CCc1ccc(CN(C)CCCc2nccn2C)o1. The van der Waals surface area contributed by atoms with Gasteiger partial charge in [-0.3, -0.25) is 4.90 Å². The number of aryl methyl sites for hydroxylation is 3. The Morgan fingerprint density at radius 1 is 1.32 bits per heavy atom. The first-order valence-corrected chi connectivity index (χ1v) is 6.91. The Labute approximate surface area is 115 Å². The summed E-state index contributed by atoms with van der Waals surface area (Å²) in [6, 6.07) is 4.14. The molecule has 0 N–H and O–H groups in total. The highest BCUT2D eigenvalue weighted by atomic mass is 16.3. The summed E-state index contributed by atoms with van der Waals surface area (Å²) in [5.74, 6) is 3.27. The van der Waals surface area contributed by atoms with Gasteiger partial charge >= 0.3 is 0 Å². The third kappa shape index (κ3) is 3.96. The summed E-state index contributed by atoms with van der Waals surface area (Å²) in [4.78, 5) is 6.63. The van der Waals surface area contributed by atoms with Crippen molar-refractivity contribution >= 4 is 0 Å². The Morgan fingerprint density at radius 3 is 2.74 bits per heavy atom. The van der Waals surface area contributed by atoms with E-state index in [1.807, 2.05) is 19.4 Å². The normalized spacial score (nSPS) is 11.4. The van der Waals surface area contributed by atoms with E-state index in [9.17, 15) is 0 Å². The van der Waals surface area contributed by atoms with Crippen LogP contribution in [0.25, 0.3) is 0 Å². The van der Waals surface area contributed by atoms with E-state index in [0.717, 1.165) is 49.7 Å². The Hall–Kier alpha value is -1.55. The van der Waals surface area contributed by atoms with Gasteiger partial charge in [-0.25, -0.2) is 4.98 Å². The van der Waals surface area contributed by atoms with E-state index in [1.165, 1.54) is 0 Å². The van der Waals surface area contributed by atoms with Crippen LogP contribution in [0.3, 0.4) is 0 Å². The maximum Gasteiger partial charge on any atom is 0.118 e. The molecule has 19 heavy (non-hydrogen) atoms. The number of hydrogen-bond donors (Lipinski definition) is 0. The fourth-order valence-electron chi connectivity index (χ4n) is 2.19. The molecule has 0 aromatic carbocycles. The van der Waals surface area contributed by atoms with Crippen molar-refractivity contribution in [1.82, 2.24) is 14.5 Å². The van der Waals surface area contributed by atoms with Crippen LogP contribution in [0.1, 0.15) is 30.7 Å². The molecule has 0 amide bonds. The van der Waals surface area contributed by atoms with Crippen LogP contribution in [-0.2, 0) is 26.4 Å². The number of nitrogens with zero attached hydrogens (tertiary/aromatic N) is 3. The van der Waals surface area contributed by atoms with Crippen LogP contribution in [0, 0.1) is 0 Å². The molecule has 4 heteroatoms. The number of rotatable bonds is 7. The zero-order chi connectivity index (χ0) is 13.7. The second-order valence-electron chi connectivity index (χ2n) is 5.02. The highest BCUT2D eigenvalue weighted by Crippen LogP contribution is 2.11. The fourth-order valence-corrected chi connectivity index (χ4v) is 2.19. The van der Waals surface area contributed by atoms with Gasteiger partial charge in [-0.2, -0.15) is 0 Å². The Balaban J connectivity index is 1.72. The minimum absolute atomic E-state index is 0.876. The van der Waals surface area contributed by atoms with Gasteiger partial charge in [-0.05, 0) is 32.1 Å². The molecule has 0 aliphatic heterocycles. The minimum Gasteiger partial charge on any atom is -0.465 e. The zero-order valence-corrected chi connectivity index (χ0v) is 12.1. The molecular weight excluding hydrogens is 238 g/mol. The van der Waals surface area contributed by atoms with Gasteiger partial charge in [0.25, 0.3) is 0 Å². The highest BCUT2D eigenvalue weighted by Gasteiger charge is 2.06. The Bertz CT molecular complexity index is 501. The van der Waals surface area contributed by atoms with E-state index in [0.29, 0.717) is 0 Å². The lowest BCUT2D eigenvalue weighted by Gasteiger charge is -2.14. The summed E-state index contributed by atoms with van der Waals surface area (Å²) in [5.41, 5.74) is 0. The molecular formula is C15H23N3O. The second kappa shape index (κ2) is 6.57. The lowest BCUT2D eigenvalue weighted by Crippen LogP contribution is -2.19. The number of imidazole rings is 1. The number of hydrogen-bond acceptors (Lipinski definition) is 3. The van der Waals surface area contributed by atoms with Gasteiger partial charge in [0, 0.05) is 32.3 Å². The largest absolute Gasteiger partial charge is 0.465 e. The molecule has 104 valence electrons. The molecule has 2 aromatic rings. The van der Waals surface area contributed by atoms with Gasteiger partial charge in [-0.1, -0.05) is 6.92 Å². The highest BCUT2D eigenvalue weighted by molar-refractivity contribution is 5.06. The summed E-state index contributed by atoms with van der Waals surface area (Å²) in [5, 5.41) is 0. The van der Waals surface area contributed by atoms with Crippen molar-refractivity contribution in [3.63, 3.8) is 0 Å². The minimum atomic E-state index is 0.876. The smallest absolute Gasteiger partial charge is 0.118 e. The summed E-state index contributed by atoms with van der Waals surface area (Å²) < 4.78 is 7.80. The lowest BCUT2D eigenvalue weighted by atomic mass is 10.2.